The lowest BCUT2D eigenvalue weighted by molar-refractivity contribution is -0.120. The summed E-state index contributed by atoms with van der Waals surface area (Å²) in [4.78, 5) is 31.7. The van der Waals surface area contributed by atoms with Crippen LogP contribution in [0.3, 0.4) is 0 Å². The number of nitrogens with zero attached hydrogens (tertiary/aromatic N) is 2. The Morgan fingerprint density at radius 3 is 2.00 bits per heavy atom. The van der Waals surface area contributed by atoms with Crippen molar-refractivity contribution in [1.29, 1.82) is 0 Å². The Morgan fingerprint density at radius 2 is 1.43 bits per heavy atom. The molecule has 0 aromatic heterocycles. The lowest BCUT2D eigenvalue weighted by Crippen LogP contribution is -2.36. The summed E-state index contributed by atoms with van der Waals surface area (Å²) in [5.74, 6) is -0.0160. The molecule has 3 aromatic rings. The van der Waals surface area contributed by atoms with E-state index in [-0.39, 0.29) is 23.6 Å². The van der Waals surface area contributed by atoms with Crippen molar-refractivity contribution in [3.63, 3.8) is 0 Å². The summed E-state index contributed by atoms with van der Waals surface area (Å²) in [5, 5.41) is 3.27. The molecule has 1 N–H and O–H groups in total. The molecule has 0 radical (unpaired) electrons. The van der Waals surface area contributed by atoms with E-state index in [1.54, 1.807) is 4.90 Å². The summed E-state index contributed by atoms with van der Waals surface area (Å²) >= 11 is 1.25. The largest absolute Gasteiger partial charge is 0.305 e. The van der Waals surface area contributed by atoms with E-state index < -0.39 is 0 Å². The molecule has 1 aliphatic heterocycles. The maximum atomic E-state index is 13.2. The van der Waals surface area contributed by atoms with Crippen LogP contribution in [-0.2, 0) is 9.59 Å². The van der Waals surface area contributed by atoms with Crippen molar-refractivity contribution < 1.29 is 9.59 Å². The zero-order valence-electron chi connectivity index (χ0n) is 16.3. The highest BCUT2D eigenvalue weighted by Gasteiger charge is 2.24. The molecule has 0 bridgehead atoms. The Bertz CT molecular complexity index is 1000. The van der Waals surface area contributed by atoms with E-state index in [1.807, 2.05) is 91.0 Å². The minimum Gasteiger partial charge on any atom is -0.305 e. The molecule has 1 heterocycles. The zero-order valence-corrected chi connectivity index (χ0v) is 17.1. The number of hydrogen-bond acceptors (Lipinski definition) is 4. The van der Waals surface area contributed by atoms with Crippen LogP contribution in [0.5, 0.6) is 0 Å². The quantitative estimate of drug-likeness (QED) is 0.657. The normalized spacial score (nSPS) is 15.8. The Balaban J connectivity index is 1.52. The van der Waals surface area contributed by atoms with Crippen LogP contribution in [0.25, 0.3) is 0 Å². The monoisotopic (exact) mass is 415 g/mol. The Morgan fingerprint density at radius 1 is 0.900 bits per heavy atom. The third kappa shape index (κ3) is 4.78. The van der Waals surface area contributed by atoms with Crippen LogP contribution in [0.15, 0.2) is 96.0 Å². The van der Waals surface area contributed by atoms with E-state index in [1.165, 1.54) is 11.8 Å². The van der Waals surface area contributed by atoms with Crippen molar-refractivity contribution >= 4 is 40.1 Å². The van der Waals surface area contributed by atoms with Crippen molar-refractivity contribution in [1.82, 2.24) is 5.32 Å². The van der Waals surface area contributed by atoms with Gasteiger partial charge < -0.3 is 5.32 Å². The number of nitrogens with one attached hydrogen (secondary N) is 1. The second-order valence-electron chi connectivity index (χ2n) is 6.80. The number of hydrogen-bond donors (Lipinski definition) is 1. The first kappa shape index (κ1) is 19.9. The predicted octanol–water partition coefficient (Wildman–Crippen LogP) is 4.70. The van der Waals surface area contributed by atoms with Crippen LogP contribution in [0.1, 0.15) is 18.0 Å². The highest BCUT2D eigenvalue weighted by atomic mass is 32.2. The van der Waals surface area contributed by atoms with Gasteiger partial charge in [0.15, 0.2) is 5.17 Å². The molecule has 1 unspecified atom stereocenters. The van der Waals surface area contributed by atoms with Crippen LogP contribution in [0.2, 0.25) is 0 Å². The van der Waals surface area contributed by atoms with Crippen molar-refractivity contribution in [2.24, 2.45) is 4.99 Å². The number of amides is 2. The number of para-hydroxylation sites is 2. The first-order chi connectivity index (χ1) is 14.7. The standard InChI is InChI=1S/C24H21N3O2S/c28-22-16-21(18-10-4-1-5-11-18)25-24(26-22)30-17-23(29)27(19-12-6-2-7-13-19)20-14-8-3-9-15-20/h1-15,21H,16-17H2,(H,25,26,28). The van der Waals surface area contributed by atoms with E-state index in [4.69, 9.17) is 0 Å². The molecule has 0 saturated carbocycles. The fourth-order valence-electron chi connectivity index (χ4n) is 3.29. The maximum Gasteiger partial charge on any atom is 0.242 e. The van der Waals surface area contributed by atoms with E-state index >= 15 is 0 Å². The summed E-state index contributed by atoms with van der Waals surface area (Å²) in [6.07, 6.45) is 0.308. The minimum absolute atomic E-state index is 0.0863. The van der Waals surface area contributed by atoms with Gasteiger partial charge in [0.05, 0.1) is 18.2 Å². The van der Waals surface area contributed by atoms with Crippen LogP contribution in [-0.4, -0.2) is 22.7 Å². The summed E-state index contributed by atoms with van der Waals surface area (Å²) in [6, 6.07) is 28.6. The molecule has 1 atom stereocenters. The number of aliphatic imine (C=N–C) groups is 1. The number of benzene rings is 3. The van der Waals surface area contributed by atoms with Gasteiger partial charge in [0.1, 0.15) is 0 Å². The van der Waals surface area contributed by atoms with Crippen LogP contribution >= 0.6 is 11.8 Å². The molecule has 1 aliphatic rings. The summed E-state index contributed by atoms with van der Waals surface area (Å²) in [5.41, 5.74) is 2.59. The van der Waals surface area contributed by atoms with Gasteiger partial charge in [-0.15, -0.1) is 0 Å². The Hall–Kier alpha value is -3.38. The molecule has 0 fully saturated rings. The molecular weight excluding hydrogens is 394 g/mol. The van der Waals surface area contributed by atoms with Gasteiger partial charge in [-0.3, -0.25) is 19.5 Å². The van der Waals surface area contributed by atoms with Gasteiger partial charge in [-0.05, 0) is 29.8 Å². The van der Waals surface area contributed by atoms with Crippen LogP contribution in [0.4, 0.5) is 11.4 Å². The third-order valence-electron chi connectivity index (χ3n) is 4.69. The number of rotatable bonds is 5. The summed E-state index contributed by atoms with van der Waals surface area (Å²) in [7, 11) is 0. The lowest BCUT2D eigenvalue weighted by atomic mass is 10.0. The van der Waals surface area contributed by atoms with Gasteiger partial charge in [-0.2, -0.15) is 0 Å². The molecule has 0 spiro atoms. The summed E-state index contributed by atoms with van der Waals surface area (Å²) < 4.78 is 0. The second-order valence-corrected chi connectivity index (χ2v) is 7.77. The van der Waals surface area contributed by atoms with Crippen molar-refractivity contribution in [2.75, 3.05) is 10.7 Å². The average molecular weight is 416 g/mol. The van der Waals surface area contributed by atoms with Gasteiger partial charge in [0.2, 0.25) is 11.8 Å². The van der Waals surface area contributed by atoms with Crippen molar-refractivity contribution in [3.05, 3.63) is 96.6 Å². The van der Waals surface area contributed by atoms with Gasteiger partial charge in [-0.1, -0.05) is 78.5 Å². The fraction of sp³-hybridized carbons (Fsp3) is 0.125. The van der Waals surface area contributed by atoms with E-state index in [9.17, 15) is 9.59 Å². The van der Waals surface area contributed by atoms with E-state index in [2.05, 4.69) is 10.3 Å². The molecule has 4 rings (SSSR count). The number of anilines is 2. The molecule has 6 heteroatoms. The highest BCUT2D eigenvalue weighted by Crippen LogP contribution is 2.28. The van der Waals surface area contributed by atoms with Crippen molar-refractivity contribution in [2.45, 2.75) is 12.5 Å². The predicted molar refractivity (Wildman–Crippen MR) is 122 cm³/mol. The molecule has 30 heavy (non-hydrogen) atoms. The van der Waals surface area contributed by atoms with E-state index in [0.29, 0.717) is 11.6 Å². The smallest absolute Gasteiger partial charge is 0.242 e. The zero-order chi connectivity index (χ0) is 20.8. The van der Waals surface area contributed by atoms with Gasteiger partial charge in [0, 0.05) is 11.4 Å². The Kier molecular flexibility index (Phi) is 6.25. The average Bonchev–Trinajstić information content (AvgIpc) is 2.80. The molecule has 2 amide bonds. The number of thioether (sulfide) groups is 1. The molecule has 150 valence electrons. The fourth-order valence-corrected chi connectivity index (χ4v) is 4.07. The molecular formula is C24H21N3O2S. The van der Waals surface area contributed by atoms with Gasteiger partial charge in [-0.25, -0.2) is 0 Å². The minimum atomic E-state index is -0.225. The third-order valence-corrected chi connectivity index (χ3v) is 5.57. The van der Waals surface area contributed by atoms with E-state index in [0.717, 1.165) is 16.9 Å². The van der Waals surface area contributed by atoms with Crippen LogP contribution < -0.4 is 10.2 Å². The first-order valence-electron chi connectivity index (χ1n) is 9.69. The molecule has 0 aliphatic carbocycles. The molecule has 3 aromatic carbocycles. The molecule has 5 nitrogen and oxygen atoms in total. The van der Waals surface area contributed by atoms with Gasteiger partial charge in [0.25, 0.3) is 0 Å². The lowest BCUT2D eigenvalue weighted by Gasteiger charge is -2.24. The second kappa shape index (κ2) is 9.41. The van der Waals surface area contributed by atoms with Gasteiger partial charge >= 0.3 is 0 Å². The summed E-state index contributed by atoms with van der Waals surface area (Å²) in [6.45, 7) is 0. The number of carbonyl (C=O) groups is 2. The number of amidine groups is 1. The Labute approximate surface area is 179 Å². The highest BCUT2D eigenvalue weighted by molar-refractivity contribution is 8.14. The maximum absolute atomic E-state index is 13.2. The van der Waals surface area contributed by atoms with Crippen LogP contribution in [0, 0.1) is 0 Å². The first-order valence-corrected chi connectivity index (χ1v) is 10.7. The SMILES string of the molecule is O=C1CC(c2ccccc2)N=C(SCC(=O)N(c2ccccc2)c2ccccc2)N1. The molecule has 0 saturated heterocycles. The van der Waals surface area contributed by atoms with Crippen molar-refractivity contribution in [3.8, 4) is 0 Å². The number of carbonyl (C=O) groups excluding carboxylic acids is 2. The topological polar surface area (TPSA) is 61.8 Å².